The Kier molecular flexibility index (Phi) is 4.68. The average molecular weight is 238 g/mol. The number of carbonyl (C=O) groups is 1. The summed E-state index contributed by atoms with van der Waals surface area (Å²) in [5.74, 6) is 1.05. The van der Waals surface area contributed by atoms with Crippen LogP contribution in [0.15, 0.2) is 6.33 Å². The molecule has 1 unspecified atom stereocenters. The van der Waals surface area contributed by atoms with E-state index in [1.807, 2.05) is 13.8 Å². The van der Waals surface area contributed by atoms with E-state index < -0.39 is 0 Å². The lowest BCUT2D eigenvalue weighted by molar-refractivity contribution is -0.121. The van der Waals surface area contributed by atoms with Crippen molar-refractivity contribution in [2.24, 2.45) is 0 Å². The molecular weight excluding hydrogens is 220 g/mol. The smallest absolute Gasteiger partial charge is 0.242 e. The van der Waals surface area contributed by atoms with Crippen LogP contribution in [0.25, 0.3) is 0 Å². The third-order valence-electron chi connectivity index (χ3n) is 2.33. The summed E-state index contributed by atoms with van der Waals surface area (Å²) in [6, 6.07) is -0.353. The molecule has 94 valence electrons. The highest BCUT2D eigenvalue weighted by Gasteiger charge is 2.14. The van der Waals surface area contributed by atoms with E-state index in [-0.39, 0.29) is 11.9 Å². The lowest BCUT2D eigenvalue weighted by atomic mass is 10.2. The van der Waals surface area contributed by atoms with Gasteiger partial charge in [-0.05, 0) is 20.8 Å². The van der Waals surface area contributed by atoms with Gasteiger partial charge in [-0.1, -0.05) is 0 Å². The number of nitrogens with one attached hydrogen (secondary N) is 2. The maximum absolute atomic E-state index is 11.6. The summed E-state index contributed by atoms with van der Waals surface area (Å²) in [6.07, 6.45) is 1.40. The van der Waals surface area contributed by atoms with Crippen LogP contribution in [0, 0.1) is 6.92 Å². The molecule has 1 amide bonds. The zero-order valence-electron chi connectivity index (χ0n) is 10.6. The second-order valence-corrected chi connectivity index (χ2v) is 3.62. The van der Waals surface area contributed by atoms with E-state index in [1.165, 1.54) is 6.33 Å². The fraction of sp³-hybridized carbons (Fsp3) is 0.545. The molecule has 0 bridgehead atoms. The molecule has 17 heavy (non-hydrogen) atoms. The number of methoxy groups -OCH3 is 1. The van der Waals surface area contributed by atoms with Gasteiger partial charge in [0.15, 0.2) is 0 Å². The van der Waals surface area contributed by atoms with E-state index in [0.717, 1.165) is 5.56 Å². The quantitative estimate of drug-likeness (QED) is 0.791. The van der Waals surface area contributed by atoms with Crippen LogP contribution >= 0.6 is 0 Å². The summed E-state index contributed by atoms with van der Waals surface area (Å²) in [7, 11) is 1.55. The Bertz CT molecular complexity index is 395. The normalized spacial score (nSPS) is 11.8. The van der Waals surface area contributed by atoms with Crippen molar-refractivity contribution in [1.82, 2.24) is 15.3 Å². The molecule has 0 saturated heterocycles. The van der Waals surface area contributed by atoms with Gasteiger partial charge in [-0.2, -0.15) is 0 Å². The van der Waals surface area contributed by atoms with Crippen LogP contribution in [0.5, 0.6) is 5.88 Å². The number of ether oxygens (including phenoxy) is 1. The molecule has 0 fully saturated rings. The summed E-state index contributed by atoms with van der Waals surface area (Å²) >= 11 is 0. The van der Waals surface area contributed by atoms with Gasteiger partial charge in [0.2, 0.25) is 11.8 Å². The molecule has 0 aliphatic heterocycles. The third-order valence-corrected chi connectivity index (χ3v) is 2.33. The molecule has 1 heterocycles. The number of aromatic nitrogens is 2. The van der Waals surface area contributed by atoms with E-state index in [0.29, 0.717) is 18.2 Å². The summed E-state index contributed by atoms with van der Waals surface area (Å²) in [5, 5.41) is 5.76. The molecule has 6 heteroatoms. The summed E-state index contributed by atoms with van der Waals surface area (Å²) in [4.78, 5) is 19.6. The minimum Gasteiger partial charge on any atom is -0.481 e. The molecule has 6 nitrogen and oxygen atoms in total. The van der Waals surface area contributed by atoms with E-state index in [2.05, 4.69) is 20.6 Å². The molecule has 1 aromatic heterocycles. The summed E-state index contributed by atoms with van der Waals surface area (Å²) < 4.78 is 5.08. The number of rotatable bonds is 5. The van der Waals surface area contributed by atoms with Gasteiger partial charge in [0.1, 0.15) is 18.2 Å². The van der Waals surface area contributed by atoms with Crippen molar-refractivity contribution in [3.8, 4) is 5.88 Å². The second kappa shape index (κ2) is 6.03. The van der Waals surface area contributed by atoms with Crippen LogP contribution in [0.1, 0.15) is 19.4 Å². The Morgan fingerprint density at radius 3 is 2.82 bits per heavy atom. The van der Waals surface area contributed by atoms with E-state index in [9.17, 15) is 4.79 Å². The van der Waals surface area contributed by atoms with Gasteiger partial charge in [0.25, 0.3) is 0 Å². The molecule has 0 spiro atoms. The Balaban J connectivity index is 2.78. The summed E-state index contributed by atoms with van der Waals surface area (Å²) in [5.41, 5.74) is 0.783. The maximum atomic E-state index is 11.6. The highest BCUT2D eigenvalue weighted by atomic mass is 16.5. The van der Waals surface area contributed by atoms with Gasteiger partial charge >= 0.3 is 0 Å². The number of nitrogens with zero attached hydrogens (tertiary/aromatic N) is 2. The topological polar surface area (TPSA) is 76.1 Å². The molecular formula is C11H18N4O2. The molecule has 0 aliphatic rings. The first kappa shape index (κ1) is 13.2. The fourth-order valence-corrected chi connectivity index (χ4v) is 1.38. The highest BCUT2D eigenvalue weighted by molar-refractivity contribution is 5.84. The van der Waals surface area contributed by atoms with E-state index in [1.54, 1.807) is 14.0 Å². The molecule has 2 N–H and O–H groups in total. The minimum atomic E-state index is -0.353. The Labute approximate surface area is 101 Å². The van der Waals surface area contributed by atoms with Crippen molar-refractivity contribution in [3.63, 3.8) is 0 Å². The monoisotopic (exact) mass is 238 g/mol. The van der Waals surface area contributed by atoms with E-state index >= 15 is 0 Å². The fourth-order valence-electron chi connectivity index (χ4n) is 1.38. The molecule has 1 aromatic rings. The first-order valence-corrected chi connectivity index (χ1v) is 5.50. The van der Waals surface area contributed by atoms with Crippen molar-refractivity contribution in [2.75, 3.05) is 19.0 Å². The standard InChI is InChI=1S/C11H18N4O2/c1-5-12-10(16)8(3)15-9-7(2)11(17-4)14-6-13-9/h6,8H,5H2,1-4H3,(H,12,16)(H,13,14,15). The number of amides is 1. The average Bonchev–Trinajstić information content (AvgIpc) is 2.32. The molecule has 1 atom stereocenters. The van der Waals surface area contributed by atoms with Crippen LogP contribution in [-0.4, -0.2) is 35.6 Å². The van der Waals surface area contributed by atoms with Crippen LogP contribution in [0.2, 0.25) is 0 Å². The van der Waals surface area contributed by atoms with Gasteiger partial charge < -0.3 is 15.4 Å². The first-order chi connectivity index (χ1) is 8.10. The van der Waals surface area contributed by atoms with Crippen LogP contribution in [0.3, 0.4) is 0 Å². The van der Waals surface area contributed by atoms with Crippen LogP contribution < -0.4 is 15.4 Å². The Morgan fingerprint density at radius 2 is 2.24 bits per heavy atom. The minimum absolute atomic E-state index is 0.0653. The number of hydrogen-bond donors (Lipinski definition) is 2. The number of anilines is 1. The summed E-state index contributed by atoms with van der Waals surface area (Å²) in [6.45, 7) is 6.10. The first-order valence-electron chi connectivity index (χ1n) is 5.50. The number of hydrogen-bond acceptors (Lipinski definition) is 5. The van der Waals surface area contributed by atoms with Crippen molar-refractivity contribution >= 4 is 11.7 Å². The van der Waals surface area contributed by atoms with Gasteiger partial charge in [0.05, 0.1) is 12.7 Å². The van der Waals surface area contributed by atoms with Gasteiger partial charge in [-0.25, -0.2) is 9.97 Å². The van der Waals surface area contributed by atoms with Gasteiger partial charge in [0, 0.05) is 6.54 Å². The molecule has 0 aromatic carbocycles. The number of carbonyl (C=O) groups excluding carboxylic acids is 1. The van der Waals surface area contributed by atoms with Crippen LogP contribution in [-0.2, 0) is 4.79 Å². The molecule has 0 aliphatic carbocycles. The van der Waals surface area contributed by atoms with Crippen molar-refractivity contribution in [3.05, 3.63) is 11.9 Å². The van der Waals surface area contributed by atoms with Crippen molar-refractivity contribution in [2.45, 2.75) is 26.8 Å². The SMILES string of the molecule is CCNC(=O)C(C)Nc1ncnc(OC)c1C. The maximum Gasteiger partial charge on any atom is 0.242 e. The molecule has 0 radical (unpaired) electrons. The predicted octanol–water partition coefficient (Wildman–Crippen LogP) is 0.730. The molecule has 1 rings (SSSR count). The van der Waals surface area contributed by atoms with Crippen molar-refractivity contribution < 1.29 is 9.53 Å². The van der Waals surface area contributed by atoms with E-state index in [4.69, 9.17) is 4.74 Å². The largest absolute Gasteiger partial charge is 0.481 e. The zero-order valence-corrected chi connectivity index (χ0v) is 10.6. The Hall–Kier alpha value is -1.85. The lowest BCUT2D eigenvalue weighted by Gasteiger charge is -2.15. The molecule has 0 saturated carbocycles. The van der Waals surface area contributed by atoms with Crippen LogP contribution in [0.4, 0.5) is 5.82 Å². The second-order valence-electron chi connectivity index (χ2n) is 3.62. The Morgan fingerprint density at radius 1 is 1.53 bits per heavy atom. The lowest BCUT2D eigenvalue weighted by Crippen LogP contribution is -2.37. The highest BCUT2D eigenvalue weighted by Crippen LogP contribution is 2.20. The number of likely N-dealkylation sites (N-methyl/N-ethyl adjacent to an activating group) is 1. The van der Waals surface area contributed by atoms with Gasteiger partial charge in [-0.3, -0.25) is 4.79 Å². The third kappa shape index (κ3) is 3.30. The predicted molar refractivity (Wildman–Crippen MR) is 65.1 cm³/mol. The zero-order chi connectivity index (χ0) is 12.8. The van der Waals surface area contributed by atoms with Crippen molar-refractivity contribution in [1.29, 1.82) is 0 Å². The van der Waals surface area contributed by atoms with Gasteiger partial charge in [-0.15, -0.1) is 0 Å².